The molecule has 0 spiro atoms. The average Bonchev–Trinajstić information content (AvgIpc) is 2.21. The largest absolute Gasteiger partial charge is 0.393 e. The topological polar surface area (TPSA) is 20.2 Å². The van der Waals surface area contributed by atoms with Crippen molar-refractivity contribution in [3.05, 3.63) is 11.6 Å². The summed E-state index contributed by atoms with van der Waals surface area (Å²) in [5, 5.41) is 9.63. The third-order valence-electron chi connectivity index (χ3n) is 4.24. The van der Waals surface area contributed by atoms with Gasteiger partial charge in [-0.25, -0.2) is 0 Å². The van der Waals surface area contributed by atoms with Crippen LogP contribution in [0.25, 0.3) is 0 Å². The van der Waals surface area contributed by atoms with Gasteiger partial charge in [0.1, 0.15) is 0 Å². The second-order valence-corrected chi connectivity index (χ2v) is 5.56. The molecular weight excluding hydrogens is 184 g/mol. The Morgan fingerprint density at radius 2 is 2.27 bits per heavy atom. The number of hydrogen-bond acceptors (Lipinski definition) is 1. The third-order valence-corrected chi connectivity index (χ3v) is 4.24. The summed E-state index contributed by atoms with van der Waals surface area (Å²) in [7, 11) is 0. The summed E-state index contributed by atoms with van der Waals surface area (Å²) in [5.74, 6) is 0.662. The van der Waals surface area contributed by atoms with Crippen molar-refractivity contribution in [2.24, 2.45) is 11.3 Å². The van der Waals surface area contributed by atoms with E-state index in [0.29, 0.717) is 11.3 Å². The summed E-state index contributed by atoms with van der Waals surface area (Å²) in [5.41, 5.74) is 1.95. The summed E-state index contributed by atoms with van der Waals surface area (Å²) in [6.45, 7) is 8.99. The fourth-order valence-corrected chi connectivity index (χ4v) is 2.47. The molecule has 0 heterocycles. The standard InChI is InChI=1S/C14H26O/c1-5-13(15)7-9-14(4)8-6-11(2)10-12(14)3/h10,12-13,15H,5-9H2,1-4H3/t12?,13?,14-/m0/s1. The van der Waals surface area contributed by atoms with Crippen LogP contribution in [-0.2, 0) is 0 Å². The highest BCUT2D eigenvalue weighted by Crippen LogP contribution is 2.43. The SMILES string of the molecule is CCC(O)CC[C@]1(C)CCC(C)=CC1C. The van der Waals surface area contributed by atoms with E-state index in [-0.39, 0.29) is 6.10 Å². The van der Waals surface area contributed by atoms with Crippen molar-refractivity contribution in [3.8, 4) is 0 Å². The Hall–Kier alpha value is -0.300. The van der Waals surface area contributed by atoms with Gasteiger partial charge in [0.05, 0.1) is 6.10 Å². The second-order valence-electron chi connectivity index (χ2n) is 5.56. The van der Waals surface area contributed by atoms with Crippen LogP contribution >= 0.6 is 0 Å². The van der Waals surface area contributed by atoms with Crippen LogP contribution in [-0.4, -0.2) is 11.2 Å². The molecule has 88 valence electrons. The van der Waals surface area contributed by atoms with E-state index in [1.54, 1.807) is 0 Å². The van der Waals surface area contributed by atoms with Crippen LogP contribution in [0.2, 0.25) is 0 Å². The molecule has 3 atom stereocenters. The summed E-state index contributed by atoms with van der Waals surface area (Å²) in [6, 6.07) is 0. The maximum absolute atomic E-state index is 9.63. The van der Waals surface area contributed by atoms with E-state index >= 15 is 0 Å². The molecule has 1 aliphatic rings. The van der Waals surface area contributed by atoms with Crippen LogP contribution in [0.1, 0.15) is 59.8 Å². The fraction of sp³-hybridized carbons (Fsp3) is 0.857. The Labute approximate surface area is 94.6 Å². The van der Waals surface area contributed by atoms with Gasteiger partial charge >= 0.3 is 0 Å². The second kappa shape index (κ2) is 5.16. The van der Waals surface area contributed by atoms with Gasteiger partial charge in [0.2, 0.25) is 0 Å². The molecular formula is C14H26O. The van der Waals surface area contributed by atoms with Gasteiger partial charge in [0.25, 0.3) is 0 Å². The molecule has 1 heteroatoms. The lowest BCUT2D eigenvalue weighted by Gasteiger charge is -2.38. The predicted octanol–water partition coefficient (Wildman–Crippen LogP) is 3.92. The maximum Gasteiger partial charge on any atom is 0.0537 e. The lowest BCUT2D eigenvalue weighted by Crippen LogP contribution is -2.28. The Kier molecular flexibility index (Phi) is 4.39. The highest BCUT2D eigenvalue weighted by molar-refractivity contribution is 5.09. The van der Waals surface area contributed by atoms with Crippen LogP contribution in [0, 0.1) is 11.3 Å². The molecule has 0 aliphatic heterocycles. The van der Waals surface area contributed by atoms with Crippen molar-refractivity contribution in [2.45, 2.75) is 65.9 Å². The summed E-state index contributed by atoms with van der Waals surface area (Å²) in [6.07, 6.45) is 7.86. The van der Waals surface area contributed by atoms with Gasteiger partial charge in [0.15, 0.2) is 0 Å². The van der Waals surface area contributed by atoms with Crippen molar-refractivity contribution in [2.75, 3.05) is 0 Å². The Balaban J connectivity index is 2.52. The van der Waals surface area contributed by atoms with E-state index in [1.807, 2.05) is 0 Å². The van der Waals surface area contributed by atoms with Gasteiger partial charge in [-0.3, -0.25) is 0 Å². The molecule has 0 saturated heterocycles. The lowest BCUT2D eigenvalue weighted by molar-refractivity contribution is 0.112. The quantitative estimate of drug-likeness (QED) is 0.697. The molecule has 0 bridgehead atoms. The van der Waals surface area contributed by atoms with Crippen molar-refractivity contribution >= 4 is 0 Å². The minimum Gasteiger partial charge on any atom is -0.393 e. The molecule has 1 rings (SSSR count). The molecule has 0 aromatic rings. The fourth-order valence-electron chi connectivity index (χ4n) is 2.47. The van der Waals surface area contributed by atoms with E-state index in [0.717, 1.165) is 19.3 Å². The first-order valence-corrected chi connectivity index (χ1v) is 6.33. The van der Waals surface area contributed by atoms with Crippen LogP contribution in [0.3, 0.4) is 0 Å². The van der Waals surface area contributed by atoms with E-state index in [1.165, 1.54) is 18.4 Å². The summed E-state index contributed by atoms with van der Waals surface area (Å²) >= 11 is 0. The monoisotopic (exact) mass is 210 g/mol. The van der Waals surface area contributed by atoms with Crippen molar-refractivity contribution < 1.29 is 5.11 Å². The Morgan fingerprint density at radius 3 is 2.80 bits per heavy atom. The molecule has 0 radical (unpaired) electrons. The van der Waals surface area contributed by atoms with Gasteiger partial charge in [-0.2, -0.15) is 0 Å². The molecule has 1 aliphatic carbocycles. The first kappa shape index (κ1) is 12.8. The summed E-state index contributed by atoms with van der Waals surface area (Å²) in [4.78, 5) is 0. The molecule has 1 nitrogen and oxygen atoms in total. The minimum atomic E-state index is -0.0963. The Bertz CT molecular complexity index is 231. The van der Waals surface area contributed by atoms with E-state index in [2.05, 4.69) is 33.8 Å². The molecule has 15 heavy (non-hydrogen) atoms. The zero-order valence-corrected chi connectivity index (χ0v) is 10.7. The average molecular weight is 210 g/mol. The van der Waals surface area contributed by atoms with Gasteiger partial charge in [-0.15, -0.1) is 0 Å². The zero-order valence-electron chi connectivity index (χ0n) is 10.7. The lowest BCUT2D eigenvalue weighted by atomic mass is 9.67. The molecule has 0 amide bonds. The number of aliphatic hydroxyl groups excluding tert-OH is 1. The molecule has 0 aromatic carbocycles. The smallest absolute Gasteiger partial charge is 0.0537 e. The van der Waals surface area contributed by atoms with Crippen LogP contribution < -0.4 is 0 Å². The van der Waals surface area contributed by atoms with Gasteiger partial charge in [-0.05, 0) is 50.4 Å². The maximum atomic E-state index is 9.63. The normalized spacial score (nSPS) is 33.7. The van der Waals surface area contributed by atoms with Crippen LogP contribution in [0.5, 0.6) is 0 Å². The first-order valence-electron chi connectivity index (χ1n) is 6.33. The third kappa shape index (κ3) is 3.34. The highest BCUT2D eigenvalue weighted by atomic mass is 16.3. The van der Waals surface area contributed by atoms with Gasteiger partial charge in [-0.1, -0.05) is 32.4 Å². The molecule has 0 saturated carbocycles. The number of hydrogen-bond donors (Lipinski definition) is 1. The molecule has 0 fully saturated rings. The van der Waals surface area contributed by atoms with Gasteiger partial charge < -0.3 is 5.11 Å². The minimum absolute atomic E-state index is 0.0963. The summed E-state index contributed by atoms with van der Waals surface area (Å²) < 4.78 is 0. The molecule has 1 N–H and O–H groups in total. The van der Waals surface area contributed by atoms with Crippen LogP contribution in [0.4, 0.5) is 0 Å². The highest BCUT2D eigenvalue weighted by Gasteiger charge is 2.32. The number of rotatable bonds is 4. The van der Waals surface area contributed by atoms with E-state index in [4.69, 9.17) is 0 Å². The van der Waals surface area contributed by atoms with Crippen molar-refractivity contribution in [3.63, 3.8) is 0 Å². The zero-order chi connectivity index (χ0) is 11.5. The first-order chi connectivity index (χ1) is 6.98. The van der Waals surface area contributed by atoms with Crippen molar-refractivity contribution in [1.29, 1.82) is 0 Å². The Morgan fingerprint density at radius 1 is 1.60 bits per heavy atom. The van der Waals surface area contributed by atoms with Crippen molar-refractivity contribution in [1.82, 2.24) is 0 Å². The molecule has 2 unspecified atom stereocenters. The number of allylic oxidation sites excluding steroid dienone is 2. The molecule has 0 aromatic heterocycles. The van der Waals surface area contributed by atoms with Crippen LogP contribution in [0.15, 0.2) is 11.6 Å². The van der Waals surface area contributed by atoms with Gasteiger partial charge in [0, 0.05) is 0 Å². The number of aliphatic hydroxyl groups is 1. The van der Waals surface area contributed by atoms with E-state index < -0.39 is 0 Å². The predicted molar refractivity (Wildman–Crippen MR) is 65.8 cm³/mol. The van der Waals surface area contributed by atoms with E-state index in [9.17, 15) is 5.11 Å².